The third kappa shape index (κ3) is 5.38. The molecule has 3 N–H and O–H groups in total. The Balaban J connectivity index is 1.08. The van der Waals surface area contributed by atoms with E-state index in [1.165, 1.54) is 49.4 Å². The second-order valence-corrected chi connectivity index (χ2v) is 13.5. The van der Waals surface area contributed by atoms with Crippen molar-refractivity contribution in [1.29, 1.82) is 0 Å². The van der Waals surface area contributed by atoms with Gasteiger partial charge >= 0.3 is 0 Å². The van der Waals surface area contributed by atoms with Crippen LogP contribution in [0.1, 0.15) is 35.2 Å². The molecule has 2 heterocycles. The molecule has 0 radical (unpaired) electrons. The standard InChI is InChI=1S/C47H35N3O/c1-2-13-32(14-3-1)38-17-8-9-18-39(38)35-25-26-40-43(29-35)51-42-20-10-19-41(44(40)42)47-49-45(36-23-21-30-11-4-6-15-33(30)27-36)48-46(50-47)37-24-22-31-12-5-7-16-34(31)28-37/h1-29,45-50H. The molecule has 9 aromatic rings. The Morgan fingerprint density at radius 3 is 1.61 bits per heavy atom. The summed E-state index contributed by atoms with van der Waals surface area (Å²) in [6, 6.07) is 62.8. The first-order chi connectivity index (χ1) is 25.2. The molecule has 1 fully saturated rings. The Bertz CT molecular complexity index is 2630. The second kappa shape index (κ2) is 12.4. The van der Waals surface area contributed by atoms with Crippen molar-refractivity contribution < 1.29 is 4.42 Å². The average Bonchev–Trinajstić information content (AvgIpc) is 3.59. The largest absolute Gasteiger partial charge is 0.456 e. The number of nitrogens with one attached hydrogen (secondary N) is 3. The molecule has 2 unspecified atom stereocenters. The van der Waals surface area contributed by atoms with Gasteiger partial charge in [0.2, 0.25) is 0 Å². The van der Waals surface area contributed by atoms with Crippen LogP contribution in [0.25, 0.3) is 65.7 Å². The predicted octanol–water partition coefficient (Wildman–Crippen LogP) is 11.4. The van der Waals surface area contributed by atoms with Crippen LogP contribution in [0.4, 0.5) is 0 Å². The van der Waals surface area contributed by atoms with Crippen molar-refractivity contribution in [2.45, 2.75) is 18.5 Å². The number of hydrogen-bond donors (Lipinski definition) is 3. The summed E-state index contributed by atoms with van der Waals surface area (Å²) in [4.78, 5) is 0. The van der Waals surface area contributed by atoms with E-state index in [4.69, 9.17) is 4.42 Å². The molecular weight excluding hydrogens is 623 g/mol. The van der Waals surface area contributed by atoms with Crippen LogP contribution in [0.2, 0.25) is 0 Å². The molecule has 0 amide bonds. The molecule has 0 aliphatic carbocycles. The Labute approximate surface area is 296 Å². The Kier molecular flexibility index (Phi) is 7.24. The van der Waals surface area contributed by atoms with Crippen molar-refractivity contribution in [3.8, 4) is 22.3 Å². The van der Waals surface area contributed by atoms with Crippen LogP contribution in [-0.4, -0.2) is 0 Å². The van der Waals surface area contributed by atoms with E-state index in [1.807, 2.05) is 0 Å². The number of fused-ring (bicyclic) bond motifs is 5. The first-order valence-corrected chi connectivity index (χ1v) is 17.6. The lowest BCUT2D eigenvalue weighted by Gasteiger charge is -2.40. The van der Waals surface area contributed by atoms with Gasteiger partial charge in [-0.3, -0.25) is 16.0 Å². The number of benzene rings is 8. The first kappa shape index (κ1) is 29.8. The molecular formula is C47H35N3O. The maximum Gasteiger partial charge on any atom is 0.136 e. The number of hydrogen-bond acceptors (Lipinski definition) is 4. The normalized spacial score (nSPS) is 17.8. The summed E-state index contributed by atoms with van der Waals surface area (Å²) in [5.74, 6) is 0. The van der Waals surface area contributed by atoms with E-state index in [0.717, 1.165) is 33.1 Å². The lowest BCUT2D eigenvalue weighted by Crippen LogP contribution is -2.54. The van der Waals surface area contributed by atoms with Gasteiger partial charge in [0.25, 0.3) is 0 Å². The van der Waals surface area contributed by atoms with E-state index >= 15 is 0 Å². The maximum atomic E-state index is 6.64. The fourth-order valence-electron chi connectivity index (χ4n) is 7.85. The second-order valence-electron chi connectivity index (χ2n) is 13.5. The number of rotatable bonds is 5. The molecule has 10 rings (SSSR count). The molecule has 0 bridgehead atoms. The molecule has 2 atom stereocenters. The van der Waals surface area contributed by atoms with Crippen LogP contribution in [-0.2, 0) is 0 Å². The van der Waals surface area contributed by atoms with Crippen LogP contribution in [0, 0.1) is 0 Å². The summed E-state index contributed by atoms with van der Waals surface area (Å²) in [5.41, 5.74) is 10.0. The molecule has 1 aliphatic heterocycles. The van der Waals surface area contributed by atoms with Crippen molar-refractivity contribution in [1.82, 2.24) is 16.0 Å². The lowest BCUT2D eigenvalue weighted by atomic mass is 9.93. The van der Waals surface area contributed by atoms with Crippen LogP contribution >= 0.6 is 0 Å². The van der Waals surface area contributed by atoms with Gasteiger partial charge in [-0.2, -0.15) is 0 Å². The van der Waals surface area contributed by atoms with Gasteiger partial charge in [0, 0.05) is 10.8 Å². The van der Waals surface area contributed by atoms with Crippen LogP contribution in [0.5, 0.6) is 0 Å². The molecule has 1 aromatic heterocycles. The van der Waals surface area contributed by atoms with E-state index in [0.29, 0.717) is 0 Å². The molecule has 1 aliphatic rings. The summed E-state index contributed by atoms with van der Waals surface area (Å²) in [7, 11) is 0. The lowest BCUT2D eigenvalue weighted by molar-refractivity contribution is 0.204. The summed E-state index contributed by atoms with van der Waals surface area (Å²) in [5, 5.41) is 18.9. The van der Waals surface area contributed by atoms with Gasteiger partial charge in [0.15, 0.2) is 0 Å². The summed E-state index contributed by atoms with van der Waals surface area (Å²) in [6.07, 6.45) is -0.374. The molecule has 8 aromatic carbocycles. The van der Waals surface area contributed by atoms with Gasteiger partial charge in [-0.25, -0.2) is 0 Å². The third-order valence-electron chi connectivity index (χ3n) is 10.4. The van der Waals surface area contributed by atoms with E-state index in [-0.39, 0.29) is 18.5 Å². The fourth-order valence-corrected chi connectivity index (χ4v) is 7.85. The van der Waals surface area contributed by atoms with Crippen LogP contribution in [0.3, 0.4) is 0 Å². The number of furan rings is 1. The zero-order valence-electron chi connectivity index (χ0n) is 27.9. The topological polar surface area (TPSA) is 49.2 Å². The molecule has 244 valence electrons. The van der Waals surface area contributed by atoms with Gasteiger partial charge in [-0.15, -0.1) is 0 Å². The van der Waals surface area contributed by atoms with Crippen LogP contribution in [0.15, 0.2) is 180 Å². The highest BCUT2D eigenvalue weighted by molar-refractivity contribution is 6.08. The van der Waals surface area contributed by atoms with Gasteiger partial charge in [-0.1, -0.05) is 146 Å². The highest BCUT2D eigenvalue weighted by atomic mass is 16.3. The molecule has 4 heteroatoms. The van der Waals surface area contributed by atoms with Gasteiger partial charge in [0.1, 0.15) is 11.2 Å². The highest BCUT2D eigenvalue weighted by Gasteiger charge is 2.31. The van der Waals surface area contributed by atoms with Crippen molar-refractivity contribution in [3.63, 3.8) is 0 Å². The zero-order chi connectivity index (χ0) is 33.7. The third-order valence-corrected chi connectivity index (χ3v) is 10.4. The summed E-state index contributed by atoms with van der Waals surface area (Å²) < 4.78 is 6.64. The van der Waals surface area contributed by atoms with E-state index in [1.54, 1.807) is 0 Å². The predicted molar refractivity (Wildman–Crippen MR) is 210 cm³/mol. The van der Waals surface area contributed by atoms with Crippen molar-refractivity contribution >= 4 is 43.5 Å². The average molecular weight is 658 g/mol. The molecule has 4 nitrogen and oxygen atoms in total. The van der Waals surface area contributed by atoms with Crippen molar-refractivity contribution in [2.75, 3.05) is 0 Å². The fraction of sp³-hybridized carbons (Fsp3) is 0.0638. The maximum absolute atomic E-state index is 6.64. The van der Waals surface area contributed by atoms with E-state index in [9.17, 15) is 0 Å². The minimum atomic E-state index is -0.165. The smallest absolute Gasteiger partial charge is 0.136 e. The minimum absolute atomic E-state index is 0.105. The minimum Gasteiger partial charge on any atom is -0.456 e. The summed E-state index contributed by atoms with van der Waals surface area (Å²) in [6.45, 7) is 0. The van der Waals surface area contributed by atoms with Crippen LogP contribution < -0.4 is 16.0 Å². The van der Waals surface area contributed by atoms with Gasteiger partial charge < -0.3 is 4.42 Å². The zero-order valence-corrected chi connectivity index (χ0v) is 27.9. The molecule has 1 saturated heterocycles. The Morgan fingerprint density at radius 1 is 0.373 bits per heavy atom. The van der Waals surface area contributed by atoms with Crippen molar-refractivity contribution in [2.24, 2.45) is 0 Å². The van der Waals surface area contributed by atoms with Gasteiger partial charge in [0.05, 0.1) is 18.5 Å². The van der Waals surface area contributed by atoms with E-state index in [2.05, 4.69) is 192 Å². The molecule has 51 heavy (non-hydrogen) atoms. The molecule has 0 spiro atoms. The summed E-state index contributed by atoms with van der Waals surface area (Å²) >= 11 is 0. The monoisotopic (exact) mass is 657 g/mol. The highest BCUT2D eigenvalue weighted by Crippen LogP contribution is 2.40. The van der Waals surface area contributed by atoms with Crippen molar-refractivity contribution in [3.05, 3.63) is 193 Å². The SMILES string of the molecule is c1ccc(-c2ccccc2-c2ccc3c(c2)oc2cccc(C4NC(c5ccc6ccccc6c5)NC(c5ccc6ccccc6c5)N4)c23)cc1. The quantitative estimate of drug-likeness (QED) is 0.172. The molecule has 0 saturated carbocycles. The first-order valence-electron chi connectivity index (χ1n) is 17.6. The Hall–Kier alpha value is -6.04. The Morgan fingerprint density at radius 2 is 0.941 bits per heavy atom. The van der Waals surface area contributed by atoms with E-state index < -0.39 is 0 Å². The van der Waals surface area contributed by atoms with Gasteiger partial charge in [-0.05, 0) is 90.8 Å².